The van der Waals surface area contributed by atoms with Crippen molar-refractivity contribution in [2.75, 3.05) is 38.7 Å². The minimum absolute atomic E-state index is 0.0142. The fraction of sp³-hybridized carbons (Fsp3) is 0.360. The maximum absolute atomic E-state index is 13.0. The molecule has 3 aromatic rings. The fourth-order valence-electron chi connectivity index (χ4n) is 3.41. The number of carbonyl (C=O) groups excluding carboxylic acids is 1. The van der Waals surface area contributed by atoms with Crippen molar-refractivity contribution in [3.05, 3.63) is 59.1 Å². The molecule has 10 heteroatoms. The highest BCUT2D eigenvalue weighted by Gasteiger charge is 2.30. The first-order valence-corrected chi connectivity index (χ1v) is 12.1. The Balaban J connectivity index is 1.63. The van der Waals surface area contributed by atoms with Crippen LogP contribution in [0.2, 0.25) is 0 Å². The van der Waals surface area contributed by atoms with Crippen molar-refractivity contribution in [1.82, 2.24) is 9.88 Å². The number of benzene rings is 2. The van der Waals surface area contributed by atoms with Crippen LogP contribution in [0.5, 0.6) is 11.5 Å². The Labute approximate surface area is 206 Å². The highest BCUT2D eigenvalue weighted by molar-refractivity contribution is 7.13. The molecule has 3 rings (SSSR count). The third-order valence-corrected chi connectivity index (χ3v) is 6.28. The van der Waals surface area contributed by atoms with Gasteiger partial charge in [-0.25, -0.2) is 4.98 Å². The molecule has 1 amide bonds. The van der Waals surface area contributed by atoms with Crippen LogP contribution >= 0.6 is 11.3 Å². The number of amides is 1. The van der Waals surface area contributed by atoms with E-state index in [9.17, 15) is 18.0 Å². The summed E-state index contributed by atoms with van der Waals surface area (Å²) in [5, 5.41) is 4.91. The van der Waals surface area contributed by atoms with E-state index in [1.807, 2.05) is 0 Å². The summed E-state index contributed by atoms with van der Waals surface area (Å²) in [5.41, 5.74) is 0.642. The minimum Gasteiger partial charge on any atom is -0.493 e. The number of hydrogen-bond acceptors (Lipinski definition) is 6. The molecule has 0 aliphatic carbocycles. The van der Waals surface area contributed by atoms with E-state index >= 15 is 0 Å². The smallest absolute Gasteiger partial charge is 0.416 e. The average molecular weight is 508 g/mol. The van der Waals surface area contributed by atoms with Gasteiger partial charge in [-0.3, -0.25) is 4.79 Å². The average Bonchev–Trinajstić information content (AvgIpc) is 3.30. The lowest BCUT2D eigenvalue weighted by Crippen LogP contribution is -2.28. The van der Waals surface area contributed by atoms with Gasteiger partial charge in [0.05, 0.1) is 24.8 Å². The number of thiazole rings is 1. The maximum atomic E-state index is 13.0. The summed E-state index contributed by atoms with van der Waals surface area (Å²) in [7, 11) is 1.55. The summed E-state index contributed by atoms with van der Waals surface area (Å²) in [4.78, 5) is 19.2. The molecule has 0 bridgehead atoms. The van der Waals surface area contributed by atoms with Gasteiger partial charge >= 0.3 is 6.18 Å². The van der Waals surface area contributed by atoms with Crippen molar-refractivity contribution < 1.29 is 27.4 Å². The van der Waals surface area contributed by atoms with E-state index in [0.29, 0.717) is 40.1 Å². The zero-order valence-corrected chi connectivity index (χ0v) is 20.6. The topological polar surface area (TPSA) is 63.7 Å². The number of aromatic nitrogens is 1. The summed E-state index contributed by atoms with van der Waals surface area (Å²) in [6.07, 6.45) is -4.44. The van der Waals surface area contributed by atoms with Crippen molar-refractivity contribution in [2.24, 2.45) is 0 Å². The Morgan fingerprint density at radius 1 is 1.11 bits per heavy atom. The predicted molar refractivity (Wildman–Crippen MR) is 131 cm³/mol. The van der Waals surface area contributed by atoms with Gasteiger partial charge in [0, 0.05) is 29.2 Å². The molecule has 0 spiro atoms. The molecule has 0 atom stereocenters. The van der Waals surface area contributed by atoms with Crippen molar-refractivity contribution >= 4 is 22.9 Å². The van der Waals surface area contributed by atoms with Gasteiger partial charge in [-0.05, 0) is 37.4 Å². The van der Waals surface area contributed by atoms with Gasteiger partial charge in [0.15, 0.2) is 11.5 Å². The molecule has 1 heterocycles. The Morgan fingerprint density at radius 2 is 1.89 bits per heavy atom. The quantitative estimate of drug-likeness (QED) is 0.359. The van der Waals surface area contributed by atoms with Crippen molar-refractivity contribution in [1.29, 1.82) is 0 Å². The molecule has 0 unspecified atom stereocenters. The highest BCUT2D eigenvalue weighted by atomic mass is 32.1. The standard InChI is InChI=1S/C25H28F3N3O3S/c1-4-31(5-2)11-12-34-22-14-19(9-10-21(22)33-3)29-23(32)15-20-16-35-24(30-20)17-7-6-8-18(13-17)25(26,27)28/h6-10,13-14,16H,4-5,11-12,15H2,1-3H3,(H,29,32). The number of hydrogen-bond donors (Lipinski definition) is 1. The Hall–Kier alpha value is -3.11. The van der Waals surface area contributed by atoms with Gasteiger partial charge in [-0.15, -0.1) is 11.3 Å². The number of methoxy groups -OCH3 is 1. The first-order valence-electron chi connectivity index (χ1n) is 11.2. The monoisotopic (exact) mass is 507 g/mol. The molecule has 0 fully saturated rings. The van der Waals surface area contributed by atoms with Crippen LogP contribution in [0.3, 0.4) is 0 Å². The van der Waals surface area contributed by atoms with Crippen LogP contribution in [0.4, 0.5) is 18.9 Å². The summed E-state index contributed by atoms with van der Waals surface area (Å²) >= 11 is 1.19. The largest absolute Gasteiger partial charge is 0.493 e. The summed E-state index contributed by atoms with van der Waals surface area (Å²) in [6, 6.07) is 10.1. The van der Waals surface area contributed by atoms with Gasteiger partial charge in [-0.1, -0.05) is 26.0 Å². The molecular formula is C25H28F3N3O3S. The molecule has 2 aromatic carbocycles. The zero-order chi connectivity index (χ0) is 25.4. The van der Waals surface area contributed by atoms with Gasteiger partial charge in [0.25, 0.3) is 0 Å². The third kappa shape index (κ3) is 7.43. The van der Waals surface area contributed by atoms with E-state index in [1.165, 1.54) is 17.4 Å². The van der Waals surface area contributed by atoms with Crippen LogP contribution in [0.15, 0.2) is 47.8 Å². The lowest BCUT2D eigenvalue weighted by atomic mass is 10.1. The minimum atomic E-state index is -4.43. The lowest BCUT2D eigenvalue weighted by Gasteiger charge is -2.19. The van der Waals surface area contributed by atoms with E-state index in [1.54, 1.807) is 36.8 Å². The highest BCUT2D eigenvalue weighted by Crippen LogP contribution is 2.33. The summed E-state index contributed by atoms with van der Waals surface area (Å²) < 4.78 is 50.2. The molecule has 0 radical (unpaired) electrons. The van der Waals surface area contributed by atoms with Crippen LogP contribution in [-0.2, 0) is 17.4 Å². The number of likely N-dealkylation sites (N-methyl/N-ethyl adjacent to an activating group) is 1. The van der Waals surface area contributed by atoms with Gasteiger partial charge in [0.1, 0.15) is 11.6 Å². The summed E-state index contributed by atoms with van der Waals surface area (Å²) in [5.74, 6) is 0.788. The van der Waals surface area contributed by atoms with Crippen LogP contribution < -0.4 is 14.8 Å². The molecule has 0 saturated heterocycles. The van der Waals surface area contributed by atoms with E-state index in [4.69, 9.17) is 9.47 Å². The summed E-state index contributed by atoms with van der Waals surface area (Å²) in [6.45, 7) is 7.28. The molecule has 0 saturated carbocycles. The zero-order valence-electron chi connectivity index (χ0n) is 19.8. The number of rotatable bonds is 11. The van der Waals surface area contributed by atoms with Gasteiger partial charge in [0.2, 0.25) is 5.91 Å². The lowest BCUT2D eigenvalue weighted by molar-refractivity contribution is -0.137. The SMILES string of the molecule is CCN(CC)CCOc1cc(NC(=O)Cc2csc(-c3cccc(C(F)(F)F)c3)n2)ccc1OC. The first-order chi connectivity index (χ1) is 16.7. The molecule has 0 aliphatic heterocycles. The maximum Gasteiger partial charge on any atom is 0.416 e. The van der Waals surface area contributed by atoms with Crippen LogP contribution in [0.1, 0.15) is 25.1 Å². The predicted octanol–water partition coefficient (Wildman–Crippen LogP) is 5.74. The number of alkyl halides is 3. The first kappa shape index (κ1) is 26.5. The molecule has 1 aromatic heterocycles. The second-order valence-corrected chi connectivity index (χ2v) is 8.55. The molecule has 35 heavy (non-hydrogen) atoms. The van der Waals surface area contributed by atoms with E-state index in [-0.39, 0.29) is 12.3 Å². The normalized spacial score (nSPS) is 11.5. The van der Waals surface area contributed by atoms with Crippen LogP contribution in [0, 0.1) is 0 Å². The van der Waals surface area contributed by atoms with Crippen LogP contribution in [0.25, 0.3) is 10.6 Å². The number of nitrogens with zero attached hydrogens (tertiary/aromatic N) is 2. The van der Waals surface area contributed by atoms with Crippen molar-refractivity contribution in [3.63, 3.8) is 0 Å². The Kier molecular flexibility index (Phi) is 9.11. The van der Waals surface area contributed by atoms with E-state index in [0.717, 1.165) is 31.8 Å². The fourth-order valence-corrected chi connectivity index (χ4v) is 4.23. The van der Waals surface area contributed by atoms with Gasteiger partial charge < -0.3 is 19.7 Å². The van der Waals surface area contributed by atoms with E-state index < -0.39 is 11.7 Å². The Bertz CT molecular complexity index is 1130. The number of carbonyl (C=O) groups is 1. The molecule has 1 N–H and O–H groups in total. The third-order valence-electron chi connectivity index (χ3n) is 5.34. The number of ether oxygens (including phenoxy) is 2. The molecular weight excluding hydrogens is 479 g/mol. The molecule has 0 aliphatic rings. The number of halogens is 3. The number of nitrogens with one attached hydrogen (secondary N) is 1. The Morgan fingerprint density at radius 3 is 2.57 bits per heavy atom. The number of anilines is 1. The molecule has 6 nitrogen and oxygen atoms in total. The van der Waals surface area contributed by atoms with Gasteiger partial charge in [-0.2, -0.15) is 13.2 Å². The van der Waals surface area contributed by atoms with E-state index in [2.05, 4.69) is 29.0 Å². The second kappa shape index (κ2) is 12.0. The van der Waals surface area contributed by atoms with Crippen molar-refractivity contribution in [2.45, 2.75) is 26.4 Å². The van der Waals surface area contributed by atoms with Crippen LogP contribution in [-0.4, -0.2) is 49.1 Å². The van der Waals surface area contributed by atoms with Crippen molar-refractivity contribution in [3.8, 4) is 22.1 Å². The molecule has 188 valence electrons. The second-order valence-electron chi connectivity index (χ2n) is 7.69.